The number of hydrogen-bond donors (Lipinski definition) is 4. The second kappa shape index (κ2) is 8.12. The first-order valence-corrected chi connectivity index (χ1v) is 9.82. The van der Waals surface area contributed by atoms with E-state index < -0.39 is 12.7 Å². The van der Waals surface area contributed by atoms with Crippen molar-refractivity contribution in [3.8, 4) is 22.4 Å². The van der Waals surface area contributed by atoms with Gasteiger partial charge in [0.25, 0.3) is 5.91 Å². The fraction of sp³-hybridized carbons (Fsp3) is 0.143. The lowest BCUT2D eigenvalue weighted by Gasteiger charge is -2.07. The highest BCUT2D eigenvalue weighted by Gasteiger charge is 2.13. The molecule has 3 heterocycles. The first-order valence-electron chi connectivity index (χ1n) is 8.94. The van der Waals surface area contributed by atoms with Crippen molar-refractivity contribution in [3.63, 3.8) is 0 Å². The van der Waals surface area contributed by atoms with E-state index in [1.165, 1.54) is 23.5 Å². The molecule has 0 unspecified atom stereocenters. The highest BCUT2D eigenvalue weighted by molar-refractivity contribution is 7.12. The summed E-state index contributed by atoms with van der Waals surface area (Å²) in [6.07, 6.45) is 0.751. The Labute approximate surface area is 169 Å². The van der Waals surface area contributed by atoms with Gasteiger partial charge in [-0.3, -0.25) is 4.79 Å². The first kappa shape index (κ1) is 19.3. The summed E-state index contributed by atoms with van der Waals surface area (Å²) in [7, 11) is 0. The number of thiophene rings is 1. The minimum absolute atomic E-state index is 0.00834. The van der Waals surface area contributed by atoms with Gasteiger partial charge in [0, 0.05) is 29.4 Å². The van der Waals surface area contributed by atoms with Gasteiger partial charge in [-0.1, -0.05) is 0 Å². The van der Waals surface area contributed by atoms with E-state index in [-0.39, 0.29) is 18.3 Å². The maximum atomic E-state index is 13.1. The SMILES string of the molecule is O=C(NC[C@H](O)CO)c1cc(-c2cnc3[nH]c(-c4ccc(F)cc4)cc3c2)cs1. The zero-order chi connectivity index (χ0) is 20.4. The number of fused-ring (bicyclic) bond motifs is 1. The van der Waals surface area contributed by atoms with Gasteiger partial charge >= 0.3 is 0 Å². The summed E-state index contributed by atoms with van der Waals surface area (Å²) in [4.78, 5) is 20.4. The molecule has 3 aromatic heterocycles. The third kappa shape index (κ3) is 4.19. The van der Waals surface area contributed by atoms with E-state index in [0.717, 1.165) is 33.4 Å². The Balaban J connectivity index is 1.56. The average molecular weight is 411 g/mol. The fourth-order valence-electron chi connectivity index (χ4n) is 2.93. The molecule has 1 aromatic carbocycles. The molecule has 8 heteroatoms. The second-order valence-corrected chi connectivity index (χ2v) is 7.51. The third-order valence-electron chi connectivity index (χ3n) is 4.49. The normalized spacial score (nSPS) is 12.2. The molecule has 0 fully saturated rings. The lowest BCUT2D eigenvalue weighted by molar-refractivity contribution is 0.0804. The number of pyridine rings is 1. The molecule has 148 valence electrons. The highest BCUT2D eigenvalue weighted by Crippen LogP contribution is 2.29. The van der Waals surface area contributed by atoms with Crippen LogP contribution < -0.4 is 5.32 Å². The Morgan fingerprint density at radius 2 is 1.97 bits per heavy atom. The molecule has 0 radical (unpaired) electrons. The van der Waals surface area contributed by atoms with Crippen molar-refractivity contribution < 1.29 is 19.4 Å². The molecular weight excluding hydrogens is 393 g/mol. The quantitative estimate of drug-likeness (QED) is 0.392. The van der Waals surface area contributed by atoms with Crippen LogP contribution in [0.3, 0.4) is 0 Å². The van der Waals surface area contributed by atoms with Crippen LogP contribution in [-0.2, 0) is 0 Å². The summed E-state index contributed by atoms with van der Waals surface area (Å²) in [6, 6.07) is 11.9. The van der Waals surface area contributed by atoms with Gasteiger partial charge in [-0.15, -0.1) is 11.3 Å². The smallest absolute Gasteiger partial charge is 0.261 e. The standard InChI is InChI=1S/C21H18FN3O3S/c22-16-3-1-12(2-4-16)18-6-13-5-14(8-23-20(13)25-18)15-7-19(29-11-15)21(28)24-9-17(27)10-26/h1-8,11,17,26-27H,9-10H2,(H,23,25)(H,24,28)/t17-/m0/s1. The summed E-state index contributed by atoms with van der Waals surface area (Å²) in [5.74, 6) is -0.587. The van der Waals surface area contributed by atoms with Gasteiger partial charge in [-0.2, -0.15) is 0 Å². The van der Waals surface area contributed by atoms with Crippen LogP contribution in [-0.4, -0.2) is 45.3 Å². The lowest BCUT2D eigenvalue weighted by Crippen LogP contribution is -2.33. The fourth-order valence-corrected chi connectivity index (χ4v) is 3.76. The van der Waals surface area contributed by atoms with E-state index in [1.807, 2.05) is 17.5 Å². The predicted molar refractivity (Wildman–Crippen MR) is 110 cm³/mol. The van der Waals surface area contributed by atoms with Crippen molar-refractivity contribution in [2.24, 2.45) is 0 Å². The van der Waals surface area contributed by atoms with Crippen molar-refractivity contribution in [2.75, 3.05) is 13.2 Å². The molecule has 4 N–H and O–H groups in total. The Morgan fingerprint density at radius 3 is 2.72 bits per heavy atom. The Morgan fingerprint density at radius 1 is 1.17 bits per heavy atom. The highest BCUT2D eigenvalue weighted by atomic mass is 32.1. The van der Waals surface area contributed by atoms with E-state index in [2.05, 4.69) is 15.3 Å². The van der Waals surface area contributed by atoms with Gasteiger partial charge in [0.1, 0.15) is 11.5 Å². The number of hydrogen-bond acceptors (Lipinski definition) is 5. The van der Waals surface area contributed by atoms with Crippen LogP contribution in [0.15, 0.2) is 54.0 Å². The third-order valence-corrected chi connectivity index (χ3v) is 5.42. The number of aliphatic hydroxyl groups is 2. The van der Waals surface area contributed by atoms with Crippen LogP contribution in [0.5, 0.6) is 0 Å². The maximum absolute atomic E-state index is 13.1. The van der Waals surface area contributed by atoms with Crippen molar-refractivity contribution in [1.82, 2.24) is 15.3 Å². The number of nitrogens with zero attached hydrogens (tertiary/aromatic N) is 1. The molecule has 6 nitrogen and oxygen atoms in total. The molecule has 29 heavy (non-hydrogen) atoms. The molecular formula is C21H18FN3O3S. The topological polar surface area (TPSA) is 98.2 Å². The summed E-state index contributed by atoms with van der Waals surface area (Å²) in [5.41, 5.74) is 4.16. The largest absolute Gasteiger partial charge is 0.394 e. The molecule has 0 saturated heterocycles. The molecule has 1 amide bonds. The molecule has 0 aliphatic heterocycles. The molecule has 4 aromatic rings. The van der Waals surface area contributed by atoms with Crippen LogP contribution in [0.25, 0.3) is 33.4 Å². The van der Waals surface area contributed by atoms with E-state index in [4.69, 9.17) is 5.11 Å². The number of H-pyrrole nitrogens is 1. The number of amides is 1. The second-order valence-electron chi connectivity index (χ2n) is 6.60. The number of halogens is 1. The van der Waals surface area contributed by atoms with Crippen LogP contribution in [0.2, 0.25) is 0 Å². The maximum Gasteiger partial charge on any atom is 0.261 e. The minimum atomic E-state index is -0.978. The van der Waals surface area contributed by atoms with Crippen molar-refractivity contribution in [2.45, 2.75) is 6.10 Å². The van der Waals surface area contributed by atoms with Crippen LogP contribution >= 0.6 is 11.3 Å². The molecule has 0 aliphatic carbocycles. The Bertz CT molecular complexity index is 1150. The number of carbonyl (C=O) groups excluding carboxylic acids is 1. The minimum Gasteiger partial charge on any atom is -0.394 e. The number of aromatic nitrogens is 2. The summed E-state index contributed by atoms with van der Waals surface area (Å²) in [6.45, 7) is -0.413. The molecule has 0 bridgehead atoms. The van der Waals surface area contributed by atoms with E-state index in [0.29, 0.717) is 4.88 Å². The number of nitrogens with one attached hydrogen (secondary N) is 2. The van der Waals surface area contributed by atoms with E-state index >= 15 is 0 Å². The Kier molecular flexibility index (Phi) is 5.39. The predicted octanol–water partition coefficient (Wildman–Crippen LogP) is 3.18. The van der Waals surface area contributed by atoms with E-state index in [9.17, 15) is 14.3 Å². The summed E-state index contributed by atoms with van der Waals surface area (Å²) >= 11 is 1.29. The van der Waals surface area contributed by atoms with Crippen molar-refractivity contribution >= 4 is 28.3 Å². The van der Waals surface area contributed by atoms with Crippen LogP contribution in [0.1, 0.15) is 9.67 Å². The number of rotatable bonds is 6. The first-order chi connectivity index (χ1) is 14.0. The van der Waals surface area contributed by atoms with Gasteiger partial charge in [0.2, 0.25) is 0 Å². The molecule has 0 spiro atoms. The van der Waals surface area contributed by atoms with Gasteiger partial charge in [0.05, 0.1) is 17.6 Å². The van der Waals surface area contributed by atoms with Crippen LogP contribution in [0, 0.1) is 5.82 Å². The molecule has 0 saturated carbocycles. The number of carbonyl (C=O) groups is 1. The zero-order valence-electron chi connectivity index (χ0n) is 15.2. The molecule has 1 atom stereocenters. The number of aliphatic hydroxyl groups excluding tert-OH is 2. The Hall–Kier alpha value is -3.07. The number of benzene rings is 1. The molecule has 4 rings (SSSR count). The van der Waals surface area contributed by atoms with Gasteiger partial charge in [-0.25, -0.2) is 9.37 Å². The van der Waals surface area contributed by atoms with Gasteiger partial charge in [-0.05, 0) is 59.0 Å². The van der Waals surface area contributed by atoms with Crippen molar-refractivity contribution in [1.29, 1.82) is 0 Å². The lowest BCUT2D eigenvalue weighted by atomic mass is 10.1. The molecule has 0 aliphatic rings. The van der Waals surface area contributed by atoms with Gasteiger partial charge in [0.15, 0.2) is 0 Å². The van der Waals surface area contributed by atoms with E-state index in [1.54, 1.807) is 24.4 Å². The zero-order valence-corrected chi connectivity index (χ0v) is 16.0. The van der Waals surface area contributed by atoms with Crippen LogP contribution in [0.4, 0.5) is 4.39 Å². The number of aromatic amines is 1. The average Bonchev–Trinajstić information content (AvgIpc) is 3.39. The monoisotopic (exact) mass is 411 g/mol. The summed E-state index contributed by atoms with van der Waals surface area (Å²) < 4.78 is 13.1. The summed E-state index contributed by atoms with van der Waals surface area (Å²) in [5, 5.41) is 23.5. The van der Waals surface area contributed by atoms with Crippen molar-refractivity contribution in [3.05, 3.63) is 64.7 Å². The van der Waals surface area contributed by atoms with Gasteiger partial charge < -0.3 is 20.5 Å².